The molecule has 106 valence electrons. The number of amides is 1. The van der Waals surface area contributed by atoms with Gasteiger partial charge >= 0.3 is 0 Å². The Labute approximate surface area is 127 Å². The predicted molar refractivity (Wildman–Crippen MR) is 82.5 cm³/mol. The van der Waals surface area contributed by atoms with E-state index in [1.54, 1.807) is 23.5 Å². The Morgan fingerprint density at radius 1 is 1.35 bits per heavy atom. The molecule has 0 atom stereocenters. The minimum Gasteiger partial charge on any atom is -0.491 e. The number of ether oxygens (including phenoxy) is 1. The lowest BCUT2D eigenvalue weighted by molar-refractivity contribution is -0.121. The van der Waals surface area contributed by atoms with E-state index in [1.807, 2.05) is 30.5 Å². The summed E-state index contributed by atoms with van der Waals surface area (Å²) in [7, 11) is 0. The van der Waals surface area contributed by atoms with Crippen LogP contribution >= 0.6 is 22.9 Å². The number of halogens is 1. The molecule has 0 aliphatic heterocycles. The van der Waals surface area contributed by atoms with E-state index in [2.05, 4.69) is 5.32 Å². The van der Waals surface area contributed by atoms with Crippen LogP contribution in [0.5, 0.6) is 5.75 Å². The number of thiophene rings is 1. The van der Waals surface area contributed by atoms with Gasteiger partial charge in [0.05, 0.1) is 24.6 Å². The van der Waals surface area contributed by atoms with Crippen LogP contribution in [0.4, 0.5) is 0 Å². The van der Waals surface area contributed by atoms with E-state index in [1.165, 1.54) is 10.4 Å². The molecule has 20 heavy (non-hydrogen) atoms. The molecule has 0 saturated carbocycles. The summed E-state index contributed by atoms with van der Waals surface area (Å²) >= 11 is 7.61. The van der Waals surface area contributed by atoms with E-state index in [4.69, 9.17) is 16.3 Å². The molecule has 0 aliphatic rings. The Hall–Kier alpha value is -1.52. The van der Waals surface area contributed by atoms with Crippen LogP contribution in [0.1, 0.15) is 16.9 Å². The maximum Gasteiger partial charge on any atom is 0.223 e. The summed E-state index contributed by atoms with van der Waals surface area (Å²) in [5.41, 5.74) is 1.21. The molecule has 1 aromatic heterocycles. The summed E-state index contributed by atoms with van der Waals surface area (Å²) in [6.45, 7) is 2.94. The number of carbonyl (C=O) groups is 1. The van der Waals surface area contributed by atoms with Crippen LogP contribution in [0.3, 0.4) is 0 Å². The van der Waals surface area contributed by atoms with Gasteiger partial charge in [0, 0.05) is 4.88 Å². The van der Waals surface area contributed by atoms with Crippen molar-refractivity contribution in [3.63, 3.8) is 0 Å². The molecule has 0 saturated heterocycles. The fraction of sp³-hybridized carbons (Fsp3) is 0.267. The molecule has 1 heterocycles. The number of aryl methyl sites for hydroxylation is 1. The lowest BCUT2D eigenvalue weighted by Gasteiger charge is -2.08. The second-order valence-corrected chi connectivity index (χ2v) is 5.74. The van der Waals surface area contributed by atoms with E-state index in [0.717, 1.165) is 0 Å². The molecule has 1 amide bonds. The van der Waals surface area contributed by atoms with Crippen molar-refractivity contribution in [2.24, 2.45) is 0 Å². The van der Waals surface area contributed by atoms with Crippen molar-refractivity contribution < 1.29 is 9.53 Å². The molecule has 0 unspecified atom stereocenters. The normalized spacial score (nSPS) is 10.3. The van der Waals surface area contributed by atoms with Crippen LogP contribution in [-0.2, 0) is 11.3 Å². The van der Waals surface area contributed by atoms with E-state index in [0.29, 0.717) is 30.3 Å². The number of nitrogens with one attached hydrogen (secondary N) is 1. The Balaban J connectivity index is 1.71. The van der Waals surface area contributed by atoms with Gasteiger partial charge in [-0.2, -0.15) is 0 Å². The molecule has 1 N–H and O–H groups in total. The lowest BCUT2D eigenvalue weighted by atomic mass is 10.3. The van der Waals surface area contributed by atoms with Gasteiger partial charge < -0.3 is 10.1 Å². The largest absolute Gasteiger partial charge is 0.491 e. The zero-order valence-corrected chi connectivity index (χ0v) is 12.8. The monoisotopic (exact) mass is 309 g/mol. The Morgan fingerprint density at radius 3 is 2.85 bits per heavy atom. The quantitative estimate of drug-likeness (QED) is 0.881. The summed E-state index contributed by atoms with van der Waals surface area (Å²) in [5.74, 6) is 0.584. The number of hydrogen-bond acceptors (Lipinski definition) is 3. The molecular weight excluding hydrogens is 294 g/mol. The van der Waals surface area contributed by atoms with Gasteiger partial charge in [0.2, 0.25) is 5.91 Å². The molecule has 0 spiro atoms. The average molecular weight is 310 g/mol. The van der Waals surface area contributed by atoms with E-state index in [9.17, 15) is 4.79 Å². The Kier molecular flexibility index (Phi) is 5.44. The lowest BCUT2D eigenvalue weighted by Crippen LogP contribution is -2.24. The van der Waals surface area contributed by atoms with Gasteiger partial charge in [0.25, 0.3) is 0 Å². The van der Waals surface area contributed by atoms with Crippen LogP contribution < -0.4 is 10.1 Å². The van der Waals surface area contributed by atoms with Gasteiger partial charge in [-0.3, -0.25) is 4.79 Å². The van der Waals surface area contributed by atoms with Crippen molar-refractivity contribution in [1.82, 2.24) is 5.32 Å². The van der Waals surface area contributed by atoms with Crippen molar-refractivity contribution in [3.8, 4) is 5.75 Å². The zero-order chi connectivity index (χ0) is 14.4. The van der Waals surface area contributed by atoms with Gasteiger partial charge in [0.1, 0.15) is 5.75 Å². The zero-order valence-electron chi connectivity index (χ0n) is 11.2. The van der Waals surface area contributed by atoms with E-state index < -0.39 is 0 Å². The summed E-state index contributed by atoms with van der Waals surface area (Å²) in [6.07, 6.45) is 0.315. The minimum absolute atomic E-state index is 0.0233. The fourth-order valence-electron chi connectivity index (χ4n) is 1.67. The Bertz CT molecular complexity index is 583. The van der Waals surface area contributed by atoms with Gasteiger partial charge in [0.15, 0.2) is 0 Å². The van der Waals surface area contributed by atoms with Crippen LogP contribution in [0.15, 0.2) is 35.7 Å². The number of para-hydroxylation sites is 1. The van der Waals surface area contributed by atoms with Gasteiger partial charge in [-0.05, 0) is 36.1 Å². The highest BCUT2D eigenvalue weighted by atomic mass is 35.5. The van der Waals surface area contributed by atoms with Crippen molar-refractivity contribution in [1.29, 1.82) is 0 Å². The highest BCUT2D eigenvalue weighted by Crippen LogP contribution is 2.23. The van der Waals surface area contributed by atoms with E-state index >= 15 is 0 Å². The molecule has 5 heteroatoms. The SMILES string of the molecule is Cc1ccsc1CNC(=O)CCOc1ccccc1Cl. The van der Waals surface area contributed by atoms with Crippen molar-refractivity contribution in [3.05, 3.63) is 51.2 Å². The topological polar surface area (TPSA) is 38.3 Å². The molecule has 1 aromatic carbocycles. The average Bonchev–Trinajstić information content (AvgIpc) is 2.84. The molecule has 0 bridgehead atoms. The second kappa shape index (κ2) is 7.31. The third-order valence-corrected chi connectivity index (χ3v) is 4.17. The molecule has 0 aliphatic carbocycles. The smallest absolute Gasteiger partial charge is 0.223 e. The minimum atomic E-state index is -0.0233. The van der Waals surface area contributed by atoms with Gasteiger partial charge in [-0.25, -0.2) is 0 Å². The summed E-state index contributed by atoms with van der Waals surface area (Å²) in [5, 5.41) is 5.47. The molecule has 0 fully saturated rings. The first-order valence-corrected chi connectivity index (χ1v) is 7.59. The molecule has 2 aromatic rings. The Morgan fingerprint density at radius 2 is 2.15 bits per heavy atom. The molecule has 0 radical (unpaired) electrons. The highest BCUT2D eigenvalue weighted by Gasteiger charge is 2.05. The van der Waals surface area contributed by atoms with Crippen LogP contribution in [0, 0.1) is 6.92 Å². The number of rotatable bonds is 6. The number of hydrogen-bond donors (Lipinski definition) is 1. The first-order chi connectivity index (χ1) is 9.66. The van der Waals surface area contributed by atoms with Crippen LogP contribution in [0.25, 0.3) is 0 Å². The standard InChI is InChI=1S/C15H16ClNO2S/c1-11-7-9-20-14(11)10-17-15(18)6-8-19-13-5-3-2-4-12(13)16/h2-5,7,9H,6,8,10H2,1H3,(H,17,18). The maximum atomic E-state index is 11.7. The molecular formula is C15H16ClNO2S. The predicted octanol–water partition coefficient (Wildman–Crippen LogP) is 3.80. The summed E-state index contributed by atoms with van der Waals surface area (Å²) < 4.78 is 5.48. The fourth-order valence-corrected chi connectivity index (χ4v) is 2.70. The summed E-state index contributed by atoms with van der Waals surface area (Å²) in [6, 6.07) is 9.28. The molecule has 2 rings (SSSR count). The third-order valence-electron chi connectivity index (χ3n) is 2.84. The van der Waals surface area contributed by atoms with Gasteiger partial charge in [-0.1, -0.05) is 23.7 Å². The number of carbonyl (C=O) groups excluding carboxylic acids is 1. The van der Waals surface area contributed by atoms with Gasteiger partial charge in [-0.15, -0.1) is 11.3 Å². The van der Waals surface area contributed by atoms with Crippen molar-refractivity contribution in [2.45, 2.75) is 19.9 Å². The third kappa shape index (κ3) is 4.25. The first kappa shape index (κ1) is 14.9. The van der Waals surface area contributed by atoms with Crippen LogP contribution in [-0.4, -0.2) is 12.5 Å². The van der Waals surface area contributed by atoms with Crippen molar-refractivity contribution in [2.75, 3.05) is 6.61 Å². The maximum absolute atomic E-state index is 11.7. The highest BCUT2D eigenvalue weighted by molar-refractivity contribution is 7.10. The summed E-state index contributed by atoms with van der Waals surface area (Å²) in [4.78, 5) is 12.9. The first-order valence-electron chi connectivity index (χ1n) is 6.34. The van der Waals surface area contributed by atoms with Crippen LogP contribution in [0.2, 0.25) is 5.02 Å². The number of benzene rings is 1. The van der Waals surface area contributed by atoms with Crippen molar-refractivity contribution >= 4 is 28.8 Å². The molecule has 3 nitrogen and oxygen atoms in total. The second-order valence-electron chi connectivity index (χ2n) is 4.33. The van der Waals surface area contributed by atoms with E-state index in [-0.39, 0.29) is 5.91 Å².